The smallest absolute Gasteiger partial charge is 0.295 e. The number of benzene rings is 2. The van der Waals surface area contributed by atoms with E-state index in [1.54, 1.807) is 36.4 Å². The summed E-state index contributed by atoms with van der Waals surface area (Å²) in [6.45, 7) is 8.53. The summed E-state index contributed by atoms with van der Waals surface area (Å²) in [6, 6.07) is 17.7. The van der Waals surface area contributed by atoms with Crippen LogP contribution in [0.2, 0.25) is 0 Å². The van der Waals surface area contributed by atoms with Crippen molar-refractivity contribution in [3.8, 4) is 5.75 Å². The number of likely N-dealkylation sites (tertiary alicyclic amines) is 1. The molecule has 1 amide bonds. The summed E-state index contributed by atoms with van der Waals surface area (Å²) in [5.74, 6) is 0.188. The SMILES string of the molecule is Cc1cccc(COc2ccc(C(O)=C3C(=O)C(=O)N(CCCN4CCOCC4)[C@H]3c3ccc(C)o3)cc2)c1. The Hall–Kier alpha value is -3.88. The van der Waals surface area contributed by atoms with Crippen LogP contribution in [0.5, 0.6) is 5.75 Å². The quantitative estimate of drug-likeness (QED) is 0.245. The van der Waals surface area contributed by atoms with Crippen LogP contribution in [0, 0.1) is 13.8 Å². The van der Waals surface area contributed by atoms with Gasteiger partial charge in [-0.15, -0.1) is 0 Å². The van der Waals surface area contributed by atoms with Crippen LogP contribution in [-0.2, 0) is 20.9 Å². The number of rotatable bonds is 9. The Kier molecular flexibility index (Phi) is 8.14. The molecule has 2 aliphatic heterocycles. The molecule has 1 N–H and O–H groups in total. The molecule has 1 aromatic heterocycles. The van der Waals surface area contributed by atoms with Crippen molar-refractivity contribution in [2.75, 3.05) is 39.4 Å². The Bertz CT molecular complexity index is 1350. The predicted molar refractivity (Wildman–Crippen MR) is 146 cm³/mol. The lowest BCUT2D eigenvalue weighted by Gasteiger charge is -2.28. The normalized spacial score (nSPS) is 19.5. The molecule has 3 aromatic rings. The zero-order valence-electron chi connectivity index (χ0n) is 22.4. The van der Waals surface area contributed by atoms with Gasteiger partial charge in [0.15, 0.2) is 0 Å². The fourth-order valence-corrected chi connectivity index (χ4v) is 5.13. The molecule has 2 fully saturated rings. The molecule has 0 bridgehead atoms. The number of morpholine rings is 1. The largest absolute Gasteiger partial charge is 0.507 e. The van der Waals surface area contributed by atoms with E-state index in [0.29, 0.717) is 55.6 Å². The van der Waals surface area contributed by atoms with Gasteiger partial charge in [0.2, 0.25) is 0 Å². The van der Waals surface area contributed by atoms with E-state index in [-0.39, 0.29) is 11.3 Å². The number of amides is 1. The number of aliphatic hydroxyl groups is 1. The molecule has 8 nitrogen and oxygen atoms in total. The van der Waals surface area contributed by atoms with Gasteiger partial charge in [0.25, 0.3) is 11.7 Å². The van der Waals surface area contributed by atoms with E-state index in [1.165, 1.54) is 4.90 Å². The van der Waals surface area contributed by atoms with Crippen molar-refractivity contribution in [3.05, 3.63) is 94.4 Å². The number of hydrogen-bond donors (Lipinski definition) is 1. The summed E-state index contributed by atoms with van der Waals surface area (Å²) >= 11 is 0. The minimum atomic E-state index is -0.791. The van der Waals surface area contributed by atoms with Crippen LogP contribution < -0.4 is 4.74 Å². The van der Waals surface area contributed by atoms with Gasteiger partial charge in [-0.25, -0.2) is 0 Å². The molecule has 5 rings (SSSR count). The van der Waals surface area contributed by atoms with Crippen LogP contribution in [-0.4, -0.2) is 66.0 Å². The number of ether oxygens (including phenoxy) is 2. The average Bonchev–Trinajstić information content (AvgIpc) is 3.48. The summed E-state index contributed by atoms with van der Waals surface area (Å²) in [6.07, 6.45) is 0.691. The highest BCUT2D eigenvalue weighted by Gasteiger charge is 2.47. The zero-order chi connectivity index (χ0) is 27.4. The lowest BCUT2D eigenvalue weighted by Crippen LogP contribution is -2.38. The van der Waals surface area contributed by atoms with Crippen LogP contribution >= 0.6 is 0 Å². The number of Topliss-reactive ketones (excluding diaryl/α,β-unsaturated/α-hetero) is 1. The molecule has 0 radical (unpaired) electrons. The second kappa shape index (κ2) is 11.9. The summed E-state index contributed by atoms with van der Waals surface area (Å²) < 4.78 is 17.2. The minimum absolute atomic E-state index is 0.0363. The van der Waals surface area contributed by atoms with Gasteiger partial charge in [-0.1, -0.05) is 29.8 Å². The van der Waals surface area contributed by atoms with Crippen molar-refractivity contribution in [1.82, 2.24) is 9.80 Å². The monoisotopic (exact) mass is 530 g/mol. The Labute approximate surface area is 228 Å². The molecule has 39 heavy (non-hydrogen) atoms. The first-order chi connectivity index (χ1) is 18.9. The number of nitrogens with zero attached hydrogens (tertiary/aromatic N) is 2. The minimum Gasteiger partial charge on any atom is -0.507 e. The Morgan fingerprint density at radius 2 is 1.77 bits per heavy atom. The number of carbonyl (C=O) groups excluding carboxylic acids is 2. The highest BCUT2D eigenvalue weighted by molar-refractivity contribution is 6.46. The first-order valence-corrected chi connectivity index (χ1v) is 13.3. The van der Waals surface area contributed by atoms with Crippen molar-refractivity contribution >= 4 is 17.4 Å². The second-order valence-electron chi connectivity index (χ2n) is 10.1. The average molecular weight is 531 g/mol. The molecular formula is C31H34N2O6. The van der Waals surface area contributed by atoms with E-state index >= 15 is 0 Å². The molecule has 2 aliphatic rings. The molecule has 2 saturated heterocycles. The molecule has 3 heterocycles. The number of carbonyl (C=O) groups is 2. The number of ketones is 1. The molecule has 0 saturated carbocycles. The van der Waals surface area contributed by atoms with E-state index in [0.717, 1.165) is 30.8 Å². The first-order valence-electron chi connectivity index (χ1n) is 13.3. The van der Waals surface area contributed by atoms with Gasteiger partial charge in [0, 0.05) is 31.7 Å². The van der Waals surface area contributed by atoms with Gasteiger partial charge in [0.1, 0.15) is 35.7 Å². The van der Waals surface area contributed by atoms with Crippen molar-refractivity contribution in [2.24, 2.45) is 0 Å². The molecule has 0 spiro atoms. The third-order valence-electron chi connectivity index (χ3n) is 7.16. The van der Waals surface area contributed by atoms with E-state index in [9.17, 15) is 14.7 Å². The highest BCUT2D eigenvalue weighted by Crippen LogP contribution is 2.40. The van der Waals surface area contributed by atoms with Crippen LogP contribution in [0.3, 0.4) is 0 Å². The lowest BCUT2D eigenvalue weighted by molar-refractivity contribution is -0.140. The zero-order valence-corrected chi connectivity index (χ0v) is 22.4. The predicted octanol–water partition coefficient (Wildman–Crippen LogP) is 4.62. The van der Waals surface area contributed by atoms with Crippen molar-refractivity contribution in [2.45, 2.75) is 32.9 Å². The van der Waals surface area contributed by atoms with Gasteiger partial charge in [-0.05, 0) is 62.2 Å². The van der Waals surface area contributed by atoms with E-state index in [2.05, 4.69) is 11.0 Å². The molecule has 0 unspecified atom stereocenters. The third-order valence-corrected chi connectivity index (χ3v) is 7.16. The van der Waals surface area contributed by atoms with E-state index in [1.807, 2.05) is 32.0 Å². The molecule has 0 aliphatic carbocycles. The summed E-state index contributed by atoms with van der Waals surface area (Å²) in [4.78, 5) is 30.2. The Morgan fingerprint density at radius 3 is 2.46 bits per heavy atom. The topological polar surface area (TPSA) is 92.5 Å². The summed E-state index contributed by atoms with van der Waals surface area (Å²) in [7, 11) is 0. The maximum Gasteiger partial charge on any atom is 0.295 e. The van der Waals surface area contributed by atoms with Gasteiger partial charge in [-0.2, -0.15) is 0 Å². The second-order valence-corrected chi connectivity index (χ2v) is 10.1. The fourth-order valence-electron chi connectivity index (χ4n) is 5.13. The Morgan fingerprint density at radius 1 is 1.00 bits per heavy atom. The number of aliphatic hydroxyl groups excluding tert-OH is 1. The Balaban J connectivity index is 1.36. The summed E-state index contributed by atoms with van der Waals surface area (Å²) in [5.41, 5.74) is 2.69. The maximum atomic E-state index is 13.2. The van der Waals surface area contributed by atoms with Gasteiger partial charge < -0.3 is 23.9 Å². The van der Waals surface area contributed by atoms with Gasteiger partial charge in [-0.3, -0.25) is 14.5 Å². The van der Waals surface area contributed by atoms with Crippen molar-refractivity contribution < 1.29 is 28.6 Å². The van der Waals surface area contributed by atoms with Crippen LogP contribution in [0.4, 0.5) is 0 Å². The molecule has 2 aromatic carbocycles. The van der Waals surface area contributed by atoms with Crippen molar-refractivity contribution in [1.29, 1.82) is 0 Å². The molecule has 204 valence electrons. The molecular weight excluding hydrogens is 496 g/mol. The van der Waals surface area contributed by atoms with E-state index in [4.69, 9.17) is 13.9 Å². The lowest BCUT2D eigenvalue weighted by atomic mass is 9.99. The van der Waals surface area contributed by atoms with Gasteiger partial charge >= 0.3 is 0 Å². The fraction of sp³-hybridized carbons (Fsp3) is 0.355. The van der Waals surface area contributed by atoms with Crippen molar-refractivity contribution in [3.63, 3.8) is 0 Å². The maximum absolute atomic E-state index is 13.2. The number of hydrogen-bond acceptors (Lipinski definition) is 7. The van der Waals surface area contributed by atoms with Crippen LogP contribution in [0.1, 0.15) is 40.7 Å². The standard InChI is InChI=1S/C31H34N2O6/c1-21-5-3-6-23(19-21)20-38-25-10-8-24(9-11-25)29(34)27-28(26-12-7-22(2)39-26)33(31(36)30(27)35)14-4-13-32-15-17-37-18-16-32/h3,5-12,19,28,34H,4,13-18,20H2,1-2H3/t28-/m0/s1. The van der Waals surface area contributed by atoms with Gasteiger partial charge in [0.05, 0.1) is 18.8 Å². The van der Waals surface area contributed by atoms with Crippen LogP contribution in [0.25, 0.3) is 5.76 Å². The van der Waals surface area contributed by atoms with E-state index < -0.39 is 17.7 Å². The summed E-state index contributed by atoms with van der Waals surface area (Å²) in [5, 5.41) is 11.3. The number of aryl methyl sites for hydroxylation is 2. The van der Waals surface area contributed by atoms with Crippen LogP contribution in [0.15, 0.2) is 70.7 Å². The molecule has 8 heteroatoms. The first kappa shape index (κ1) is 26.7. The highest BCUT2D eigenvalue weighted by atomic mass is 16.5. The number of furan rings is 1. The molecule has 1 atom stereocenters. The third kappa shape index (κ3) is 6.08.